The number of H-pyrrole nitrogens is 1. The van der Waals surface area contributed by atoms with Gasteiger partial charge in [-0.05, 0) is 58.0 Å². The number of carbonyl (C=O) groups is 1. The second-order valence-corrected chi connectivity index (χ2v) is 8.84. The average Bonchev–Trinajstić information content (AvgIpc) is 3.41. The molecular weight excluding hydrogens is 551 g/mol. The molecule has 1 aromatic carbocycles. The summed E-state index contributed by atoms with van der Waals surface area (Å²) >= 11 is 9.70. The lowest BCUT2D eigenvalue weighted by atomic mass is 9.98. The van der Waals surface area contributed by atoms with Crippen molar-refractivity contribution < 1.29 is 9.90 Å². The molecule has 0 spiro atoms. The zero-order chi connectivity index (χ0) is 22.0. The Balaban J connectivity index is 1.94. The number of amides is 1. The van der Waals surface area contributed by atoms with Crippen LogP contribution in [0.5, 0.6) is 0 Å². The van der Waals surface area contributed by atoms with Crippen LogP contribution in [0.1, 0.15) is 5.56 Å². The van der Waals surface area contributed by atoms with Gasteiger partial charge in [-0.25, -0.2) is 9.97 Å². The minimum absolute atomic E-state index is 0.276. The fraction of sp³-hybridized carbons (Fsp3) is 0.0500. The maximum Gasteiger partial charge on any atom is 0.251 e. The molecule has 0 saturated carbocycles. The van der Waals surface area contributed by atoms with Gasteiger partial charge < -0.3 is 10.4 Å². The van der Waals surface area contributed by atoms with Gasteiger partial charge in [0.15, 0.2) is 5.82 Å². The highest BCUT2D eigenvalue weighted by atomic mass is 127. The van der Waals surface area contributed by atoms with E-state index in [0.717, 1.165) is 19.6 Å². The molecule has 0 aliphatic heterocycles. The number of hydrogen-bond acceptors (Lipinski definition) is 7. The molecule has 8 nitrogen and oxygen atoms in total. The molecular formula is C20H12ClIN6O2S. The summed E-state index contributed by atoms with van der Waals surface area (Å²) in [7, 11) is 0. The number of pyridine rings is 1. The van der Waals surface area contributed by atoms with Gasteiger partial charge in [0.25, 0.3) is 5.91 Å². The molecule has 0 saturated heterocycles. The number of benzene rings is 1. The van der Waals surface area contributed by atoms with E-state index in [2.05, 4.69) is 54.1 Å². The van der Waals surface area contributed by atoms with Crippen LogP contribution in [0.25, 0.3) is 32.3 Å². The molecule has 3 N–H and O–H groups in total. The Morgan fingerprint density at radius 2 is 2.13 bits per heavy atom. The predicted octanol–water partition coefficient (Wildman–Crippen LogP) is 4.32. The largest absolute Gasteiger partial charge is 0.387 e. The first-order valence-electron chi connectivity index (χ1n) is 8.77. The first kappa shape index (κ1) is 21.4. The van der Waals surface area contributed by atoms with Crippen LogP contribution in [0, 0.1) is 14.9 Å². The van der Waals surface area contributed by atoms with E-state index in [1.165, 1.54) is 23.9 Å². The van der Waals surface area contributed by atoms with Crippen molar-refractivity contribution in [2.75, 3.05) is 11.9 Å². The number of anilines is 1. The Labute approximate surface area is 199 Å². The Kier molecular flexibility index (Phi) is 6.28. The number of nitriles is 1. The Hall–Kier alpha value is -2.85. The summed E-state index contributed by atoms with van der Waals surface area (Å²) in [6.45, 7) is -0.650. The molecule has 4 rings (SSSR count). The molecule has 0 unspecified atom stereocenters. The van der Waals surface area contributed by atoms with Crippen LogP contribution in [0.15, 0.2) is 42.9 Å². The lowest BCUT2D eigenvalue weighted by Gasteiger charge is -2.07. The van der Waals surface area contributed by atoms with Crippen molar-refractivity contribution in [3.63, 3.8) is 0 Å². The van der Waals surface area contributed by atoms with Gasteiger partial charge in [-0.15, -0.1) is 11.3 Å². The minimum Gasteiger partial charge on any atom is -0.387 e. The number of nitrogens with zero attached hydrogens (tertiary/aromatic N) is 4. The summed E-state index contributed by atoms with van der Waals surface area (Å²) in [4.78, 5) is 21.4. The number of thiophene rings is 1. The average molecular weight is 563 g/mol. The molecule has 4 aromatic rings. The molecule has 11 heteroatoms. The monoisotopic (exact) mass is 562 g/mol. The van der Waals surface area contributed by atoms with Crippen LogP contribution in [0.3, 0.4) is 0 Å². The molecule has 3 heterocycles. The van der Waals surface area contributed by atoms with Crippen LogP contribution >= 0.6 is 45.5 Å². The zero-order valence-corrected chi connectivity index (χ0v) is 19.3. The Morgan fingerprint density at radius 3 is 2.81 bits per heavy atom. The number of carbonyl (C=O) groups excluding carboxylic acids is 1. The van der Waals surface area contributed by atoms with E-state index in [-0.39, 0.29) is 5.82 Å². The first-order chi connectivity index (χ1) is 15.0. The summed E-state index contributed by atoms with van der Waals surface area (Å²) in [5.41, 5.74) is 2.72. The van der Waals surface area contributed by atoms with Gasteiger partial charge in [0.05, 0.1) is 15.3 Å². The molecule has 0 aliphatic rings. The van der Waals surface area contributed by atoms with Gasteiger partial charge >= 0.3 is 0 Å². The molecule has 0 atom stereocenters. The van der Waals surface area contributed by atoms with E-state index in [4.69, 9.17) is 16.7 Å². The highest BCUT2D eigenvalue weighted by molar-refractivity contribution is 14.1. The lowest BCUT2D eigenvalue weighted by molar-refractivity contribution is -0.118. The summed E-state index contributed by atoms with van der Waals surface area (Å²) in [5.74, 6) is 0.240. The molecule has 31 heavy (non-hydrogen) atoms. The number of aliphatic hydroxyl groups excluding tert-OH is 1. The van der Waals surface area contributed by atoms with Crippen LogP contribution < -0.4 is 5.32 Å². The zero-order valence-electron chi connectivity index (χ0n) is 15.6. The number of nitrogens with one attached hydrogen (secondary N) is 2. The van der Waals surface area contributed by atoms with Crippen molar-refractivity contribution in [1.82, 2.24) is 20.2 Å². The number of aliphatic hydroxyl groups is 1. The van der Waals surface area contributed by atoms with Crippen molar-refractivity contribution in [3.8, 4) is 38.3 Å². The number of halogens is 2. The summed E-state index contributed by atoms with van der Waals surface area (Å²) in [6, 6.07) is 11.2. The number of aromatic nitrogens is 4. The van der Waals surface area contributed by atoms with E-state index >= 15 is 0 Å². The SMILES string of the molecule is N#Cc1c(-c2ccnc(NC(=O)CO)c2)sc(-c2ncn[nH]2)c1-c1ccc(Cl)cc1I. The van der Waals surface area contributed by atoms with Crippen LogP contribution in [0.2, 0.25) is 5.02 Å². The van der Waals surface area contributed by atoms with Crippen LogP contribution in [-0.4, -0.2) is 37.8 Å². The lowest BCUT2D eigenvalue weighted by Crippen LogP contribution is -2.16. The van der Waals surface area contributed by atoms with Gasteiger partial charge in [-0.1, -0.05) is 17.7 Å². The maximum atomic E-state index is 11.5. The van der Waals surface area contributed by atoms with Crippen molar-refractivity contribution in [2.45, 2.75) is 0 Å². The Bertz CT molecular complexity index is 1320. The first-order valence-corrected chi connectivity index (χ1v) is 11.0. The molecule has 3 aromatic heterocycles. The van der Waals surface area contributed by atoms with Crippen LogP contribution in [-0.2, 0) is 4.79 Å². The van der Waals surface area contributed by atoms with E-state index in [0.29, 0.717) is 26.9 Å². The summed E-state index contributed by atoms with van der Waals surface area (Å²) < 4.78 is 0.886. The highest BCUT2D eigenvalue weighted by Crippen LogP contribution is 2.47. The van der Waals surface area contributed by atoms with Crippen molar-refractivity contribution in [3.05, 3.63) is 57.0 Å². The van der Waals surface area contributed by atoms with E-state index in [1.807, 2.05) is 12.1 Å². The topological polar surface area (TPSA) is 128 Å². The molecule has 0 bridgehead atoms. The fourth-order valence-corrected chi connectivity index (χ4v) is 5.34. The number of hydrogen-bond donors (Lipinski definition) is 3. The third-order valence-corrected chi connectivity index (χ3v) is 6.66. The van der Waals surface area contributed by atoms with Gasteiger partial charge in [-0.2, -0.15) is 10.4 Å². The van der Waals surface area contributed by atoms with Crippen molar-refractivity contribution in [1.29, 1.82) is 5.26 Å². The van der Waals surface area contributed by atoms with Gasteiger partial charge in [0.2, 0.25) is 0 Å². The normalized spacial score (nSPS) is 10.6. The van der Waals surface area contributed by atoms with E-state index in [9.17, 15) is 10.1 Å². The molecule has 154 valence electrons. The van der Waals surface area contributed by atoms with Crippen molar-refractivity contribution >= 4 is 57.3 Å². The molecule has 0 aliphatic carbocycles. The summed E-state index contributed by atoms with van der Waals surface area (Å²) in [5, 5.41) is 29.0. The summed E-state index contributed by atoms with van der Waals surface area (Å²) in [6.07, 6.45) is 2.94. The number of rotatable bonds is 5. The smallest absolute Gasteiger partial charge is 0.251 e. The predicted molar refractivity (Wildman–Crippen MR) is 127 cm³/mol. The van der Waals surface area contributed by atoms with E-state index < -0.39 is 12.5 Å². The van der Waals surface area contributed by atoms with Crippen molar-refractivity contribution in [2.24, 2.45) is 0 Å². The second-order valence-electron chi connectivity index (χ2n) is 6.22. The molecule has 0 fully saturated rings. The van der Waals surface area contributed by atoms with Gasteiger partial charge in [0, 0.05) is 20.4 Å². The minimum atomic E-state index is -0.650. The highest BCUT2D eigenvalue weighted by Gasteiger charge is 2.25. The maximum absolute atomic E-state index is 11.5. The number of aromatic amines is 1. The Morgan fingerprint density at radius 1 is 1.29 bits per heavy atom. The van der Waals surface area contributed by atoms with Gasteiger partial charge in [0.1, 0.15) is 24.8 Å². The quantitative estimate of drug-likeness (QED) is 0.311. The third kappa shape index (κ3) is 4.31. The fourth-order valence-electron chi connectivity index (χ4n) is 2.99. The van der Waals surface area contributed by atoms with E-state index in [1.54, 1.807) is 18.2 Å². The van der Waals surface area contributed by atoms with Crippen LogP contribution in [0.4, 0.5) is 5.82 Å². The molecule has 0 radical (unpaired) electrons. The van der Waals surface area contributed by atoms with Gasteiger partial charge in [-0.3, -0.25) is 9.89 Å². The molecule has 1 amide bonds. The third-order valence-electron chi connectivity index (χ3n) is 4.28. The standard InChI is InChI=1S/C20H12ClIN6O2S/c21-11-1-2-12(14(22)6-11)17-13(7-23)18(31-19(17)20-25-9-26-28-20)10-3-4-24-15(5-10)27-16(30)8-29/h1-6,9,29H,8H2,(H,24,27,30)(H,25,26,28). The second kappa shape index (κ2) is 9.11.